The second kappa shape index (κ2) is 7.39. The third-order valence-corrected chi connectivity index (χ3v) is 2.49. The van der Waals surface area contributed by atoms with Gasteiger partial charge in [0.15, 0.2) is 5.75 Å². The highest BCUT2D eigenvalue weighted by atomic mass is 16.7. The van der Waals surface area contributed by atoms with Gasteiger partial charge in [0.2, 0.25) is 0 Å². The minimum absolute atomic E-state index is 0.517. The molecule has 0 saturated carbocycles. The van der Waals surface area contributed by atoms with Crippen LogP contribution < -0.4 is 10.4 Å². The number of fused-ring (bicyclic) bond motifs is 1. The summed E-state index contributed by atoms with van der Waals surface area (Å²) in [6.07, 6.45) is 14.3. The first kappa shape index (κ1) is 13.4. The average molecular weight is 263 g/mol. The number of hydrogen-bond acceptors (Lipinski definition) is 4. The van der Waals surface area contributed by atoms with E-state index in [0.29, 0.717) is 16.9 Å². The highest BCUT2D eigenvalue weighted by Crippen LogP contribution is 2.25. The molecule has 1 aromatic rings. The normalized spacial score (nSPS) is 14.2. The number of rotatable bonds is 0. The van der Waals surface area contributed by atoms with Crippen LogP contribution in [-0.2, 0) is 0 Å². The predicted molar refractivity (Wildman–Crippen MR) is 79.7 cm³/mol. The summed E-state index contributed by atoms with van der Waals surface area (Å²) in [4.78, 5) is 5.35. The Balaban J connectivity index is 2.40. The van der Waals surface area contributed by atoms with Crippen LogP contribution in [-0.4, -0.2) is 6.21 Å². The summed E-state index contributed by atoms with van der Waals surface area (Å²) in [5.41, 5.74) is 3.70. The molecule has 0 unspecified atom stereocenters. The van der Waals surface area contributed by atoms with Crippen LogP contribution in [0, 0.1) is 11.3 Å². The van der Waals surface area contributed by atoms with E-state index in [1.165, 1.54) is 0 Å². The lowest BCUT2D eigenvalue weighted by Crippen LogP contribution is -2.11. The molecule has 0 fully saturated rings. The van der Waals surface area contributed by atoms with Crippen molar-refractivity contribution in [1.82, 2.24) is 5.59 Å². The topological polar surface area (TPSA) is 57.4 Å². The summed E-state index contributed by atoms with van der Waals surface area (Å²) in [5, 5.41) is 13.1. The van der Waals surface area contributed by atoms with Crippen molar-refractivity contribution in [1.29, 1.82) is 5.26 Å². The summed E-state index contributed by atoms with van der Waals surface area (Å²) in [6.45, 7) is 0. The lowest BCUT2D eigenvalue weighted by molar-refractivity contribution is 0.202. The number of benzene rings is 1. The summed E-state index contributed by atoms with van der Waals surface area (Å²) in [7, 11) is 0. The first-order valence-electron chi connectivity index (χ1n) is 6.06. The fraction of sp³-hybridized carbons (Fsp3) is 0. The smallest absolute Gasteiger partial charge is 0.165 e. The van der Waals surface area contributed by atoms with Gasteiger partial charge < -0.3 is 4.84 Å². The third-order valence-electron chi connectivity index (χ3n) is 2.49. The zero-order valence-corrected chi connectivity index (χ0v) is 10.7. The first-order valence-corrected chi connectivity index (χ1v) is 6.06. The van der Waals surface area contributed by atoms with Crippen LogP contribution in [0.5, 0.6) is 5.75 Å². The molecule has 1 N–H and O–H groups in total. The Morgan fingerprint density at radius 3 is 2.60 bits per heavy atom. The zero-order chi connectivity index (χ0) is 14.0. The zero-order valence-electron chi connectivity index (χ0n) is 10.7. The molecule has 0 saturated heterocycles. The highest BCUT2D eigenvalue weighted by Gasteiger charge is 2.07. The molecular formula is C16H13N3O. The van der Waals surface area contributed by atoms with E-state index >= 15 is 0 Å². The van der Waals surface area contributed by atoms with Crippen molar-refractivity contribution in [2.24, 2.45) is 5.10 Å². The number of hydrogen-bond donors (Lipinski definition) is 1. The van der Waals surface area contributed by atoms with E-state index in [4.69, 9.17) is 4.84 Å². The predicted octanol–water partition coefficient (Wildman–Crippen LogP) is 3.14. The van der Waals surface area contributed by atoms with E-state index < -0.39 is 0 Å². The number of nitriles is 1. The van der Waals surface area contributed by atoms with Crippen molar-refractivity contribution in [3.05, 3.63) is 72.4 Å². The third kappa shape index (κ3) is 3.72. The van der Waals surface area contributed by atoms with Gasteiger partial charge in [-0.15, -0.1) is 5.59 Å². The van der Waals surface area contributed by atoms with Gasteiger partial charge in [0.25, 0.3) is 0 Å². The molecule has 4 heteroatoms. The van der Waals surface area contributed by atoms with Gasteiger partial charge in [0.05, 0.1) is 17.9 Å². The number of allylic oxidation sites excluding steroid dienone is 8. The Morgan fingerprint density at radius 2 is 1.75 bits per heavy atom. The number of nitrogens with one attached hydrogen (secondary N) is 1. The minimum atomic E-state index is 0.517. The van der Waals surface area contributed by atoms with Crippen LogP contribution in [0.15, 0.2) is 71.9 Å². The Bertz CT molecular complexity index is 646. The van der Waals surface area contributed by atoms with Crippen LogP contribution in [0.1, 0.15) is 5.56 Å². The average Bonchev–Trinajstić information content (AvgIpc) is 2.49. The number of hydrazone groups is 1. The molecule has 98 valence electrons. The molecule has 1 aliphatic rings. The number of nitrogens with zero attached hydrogens (tertiary/aromatic N) is 2. The molecule has 1 heterocycles. The SMILES string of the molecule is N#CC1=CC=CC=CC=CC=NNOc2ccccc21. The molecule has 0 aromatic heterocycles. The molecule has 0 atom stereocenters. The van der Waals surface area contributed by atoms with Gasteiger partial charge in [0, 0.05) is 5.56 Å². The minimum Gasteiger partial charge on any atom is -0.365 e. The fourth-order valence-corrected chi connectivity index (χ4v) is 1.57. The molecule has 4 nitrogen and oxygen atoms in total. The van der Waals surface area contributed by atoms with Gasteiger partial charge in [-0.2, -0.15) is 10.4 Å². The van der Waals surface area contributed by atoms with Gasteiger partial charge >= 0.3 is 0 Å². The van der Waals surface area contributed by atoms with Crippen LogP contribution in [0.4, 0.5) is 0 Å². The lowest BCUT2D eigenvalue weighted by atomic mass is 10.1. The van der Waals surface area contributed by atoms with Crippen LogP contribution in [0.3, 0.4) is 0 Å². The van der Waals surface area contributed by atoms with E-state index in [0.717, 1.165) is 0 Å². The quantitative estimate of drug-likeness (QED) is 0.782. The maximum atomic E-state index is 9.26. The van der Waals surface area contributed by atoms with Crippen LogP contribution >= 0.6 is 0 Å². The fourth-order valence-electron chi connectivity index (χ4n) is 1.57. The van der Waals surface area contributed by atoms with E-state index in [2.05, 4.69) is 16.8 Å². The molecule has 1 aliphatic heterocycles. The summed E-state index contributed by atoms with van der Waals surface area (Å²) in [6, 6.07) is 9.45. The van der Waals surface area contributed by atoms with E-state index in [1.54, 1.807) is 24.4 Å². The lowest BCUT2D eigenvalue weighted by Gasteiger charge is -2.08. The number of para-hydroxylation sites is 1. The maximum absolute atomic E-state index is 9.26. The Kier molecular flexibility index (Phi) is 4.94. The largest absolute Gasteiger partial charge is 0.365 e. The van der Waals surface area contributed by atoms with E-state index in [9.17, 15) is 5.26 Å². The summed E-state index contributed by atoms with van der Waals surface area (Å²) < 4.78 is 0. The second-order valence-corrected chi connectivity index (χ2v) is 3.81. The standard InChI is InChI=1S/C16H13N3O/c17-13-14-9-5-3-1-2-4-8-12-18-19-20-16-11-7-6-10-15(14)16/h1-12,19H. The van der Waals surface area contributed by atoms with Crippen molar-refractivity contribution in [2.45, 2.75) is 0 Å². The van der Waals surface area contributed by atoms with Gasteiger partial charge in [0.1, 0.15) is 0 Å². The van der Waals surface area contributed by atoms with E-state index in [-0.39, 0.29) is 0 Å². The molecule has 20 heavy (non-hydrogen) atoms. The molecule has 0 spiro atoms. The van der Waals surface area contributed by atoms with Crippen molar-refractivity contribution in [2.75, 3.05) is 0 Å². The maximum Gasteiger partial charge on any atom is 0.165 e. The summed E-state index contributed by atoms with van der Waals surface area (Å²) in [5.74, 6) is 0.544. The molecule has 0 bridgehead atoms. The Hall–Kier alpha value is -3.06. The van der Waals surface area contributed by atoms with Crippen molar-refractivity contribution in [3.8, 4) is 11.8 Å². The molecule has 0 aliphatic carbocycles. The Morgan fingerprint density at radius 1 is 1.00 bits per heavy atom. The van der Waals surface area contributed by atoms with Crippen molar-refractivity contribution in [3.63, 3.8) is 0 Å². The van der Waals surface area contributed by atoms with Gasteiger partial charge in [-0.25, -0.2) is 0 Å². The van der Waals surface area contributed by atoms with Gasteiger partial charge in [-0.05, 0) is 24.3 Å². The van der Waals surface area contributed by atoms with Crippen LogP contribution in [0.2, 0.25) is 0 Å². The molecule has 0 amide bonds. The molecular weight excluding hydrogens is 250 g/mol. The molecule has 2 rings (SSSR count). The second-order valence-electron chi connectivity index (χ2n) is 3.81. The van der Waals surface area contributed by atoms with Gasteiger partial charge in [-0.3, -0.25) is 0 Å². The first-order chi connectivity index (χ1) is 9.92. The summed E-state index contributed by atoms with van der Waals surface area (Å²) >= 11 is 0. The Labute approximate surface area is 117 Å². The van der Waals surface area contributed by atoms with Crippen LogP contribution in [0.25, 0.3) is 5.57 Å². The molecule has 1 aromatic carbocycles. The van der Waals surface area contributed by atoms with Gasteiger partial charge in [-0.1, -0.05) is 42.5 Å². The monoisotopic (exact) mass is 263 g/mol. The van der Waals surface area contributed by atoms with E-state index in [1.807, 2.05) is 48.6 Å². The van der Waals surface area contributed by atoms with Crippen molar-refractivity contribution >= 4 is 11.8 Å². The highest BCUT2D eigenvalue weighted by molar-refractivity contribution is 5.81. The van der Waals surface area contributed by atoms with Crippen molar-refractivity contribution < 1.29 is 4.84 Å². The molecule has 0 radical (unpaired) electrons.